The molecular formula is C15H27N3OS. The quantitative estimate of drug-likeness (QED) is 0.838. The molecule has 5 heteroatoms. The Balaban J connectivity index is 1.93. The highest BCUT2D eigenvalue weighted by molar-refractivity contribution is 7.15. The van der Waals surface area contributed by atoms with E-state index in [1.165, 1.54) is 17.7 Å². The molecule has 1 N–H and O–H groups in total. The fraction of sp³-hybridized carbons (Fsp3) is 0.800. The second-order valence-corrected chi connectivity index (χ2v) is 6.45. The van der Waals surface area contributed by atoms with Crippen molar-refractivity contribution in [2.24, 2.45) is 0 Å². The van der Waals surface area contributed by atoms with Gasteiger partial charge in [0.25, 0.3) is 0 Å². The molecule has 0 aliphatic carbocycles. The molecule has 1 aliphatic rings. The third-order valence-corrected chi connectivity index (χ3v) is 4.90. The summed E-state index contributed by atoms with van der Waals surface area (Å²) >= 11 is 1.81. The van der Waals surface area contributed by atoms with Crippen molar-refractivity contribution in [3.8, 4) is 0 Å². The molecule has 1 aromatic rings. The molecule has 0 radical (unpaired) electrons. The van der Waals surface area contributed by atoms with Gasteiger partial charge in [-0.1, -0.05) is 13.8 Å². The van der Waals surface area contributed by atoms with Gasteiger partial charge in [0, 0.05) is 36.8 Å². The van der Waals surface area contributed by atoms with E-state index in [0.29, 0.717) is 12.1 Å². The molecule has 2 unspecified atom stereocenters. The highest BCUT2D eigenvalue weighted by Gasteiger charge is 2.23. The lowest BCUT2D eigenvalue weighted by atomic mass is 10.1. The van der Waals surface area contributed by atoms with E-state index in [-0.39, 0.29) is 0 Å². The van der Waals surface area contributed by atoms with Crippen LogP contribution in [0, 0.1) is 0 Å². The van der Waals surface area contributed by atoms with Gasteiger partial charge in [0.1, 0.15) is 0 Å². The van der Waals surface area contributed by atoms with Crippen LogP contribution in [0.4, 0.5) is 5.13 Å². The number of hydrogen-bond donors (Lipinski definition) is 1. The zero-order valence-electron chi connectivity index (χ0n) is 12.9. The number of anilines is 1. The van der Waals surface area contributed by atoms with E-state index in [0.717, 1.165) is 37.8 Å². The second kappa shape index (κ2) is 7.96. The van der Waals surface area contributed by atoms with Crippen molar-refractivity contribution in [3.05, 3.63) is 11.1 Å². The molecule has 0 aromatic carbocycles. The van der Waals surface area contributed by atoms with Crippen molar-refractivity contribution in [1.29, 1.82) is 0 Å². The van der Waals surface area contributed by atoms with E-state index >= 15 is 0 Å². The van der Waals surface area contributed by atoms with Crippen molar-refractivity contribution >= 4 is 16.5 Å². The minimum absolute atomic E-state index is 0.377. The van der Waals surface area contributed by atoms with Crippen LogP contribution in [-0.2, 0) is 4.74 Å². The first kappa shape index (κ1) is 15.7. The van der Waals surface area contributed by atoms with Gasteiger partial charge in [-0.05, 0) is 32.7 Å². The van der Waals surface area contributed by atoms with Gasteiger partial charge < -0.3 is 15.0 Å². The Morgan fingerprint density at radius 1 is 1.55 bits per heavy atom. The van der Waals surface area contributed by atoms with Crippen LogP contribution in [0.2, 0.25) is 0 Å². The van der Waals surface area contributed by atoms with Gasteiger partial charge in [0.15, 0.2) is 5.13 Å². The summed E-state index contributed by atoms with van der Waals surface area (Å²) < 4.78 is 5.90. The molecule has 2 heterocycles. The average molecular weight is 297 g/mol. The summed E-state index contributed by atoms with van der Waals surface area (Å²) in [7, 11) is 0. The number of rotatable bonds is 7. The Labute approximate surface area is 126 Å². The smallest absolute Gasteiger partial charge is 0.185 e. The molecule has 2 rings (SSSR count). The number of thiazole rings is 1. The van der Waals surface area contributed by atoms with Gasteiger partial charge in [0.2, 0.25) is 0 Å². The van der Waals surface area contributed by atoms with Crippen LogP contribution >= 0.6 is 11.3 Å². The summed E-state index contributed by atoms with van der Waals surface area (Å²) in [5.74, 6) is 0. The number of hydrogen-bond acceptors (Lipinski definition) is 5. The molecule has 20 heavy (non-hydrogen) atoms. The summed E-state index contributed by atoms with van der Waals surface area (Å²) in [5.41, 5.74) is 0. The molecular weight excluding hydrogens is 270 g/mol. The maximum Gasteiger partial charge on any atom is 0.185 e. The second-order valence-electron chi connectivity index (χ2n) is 5.41. The van der Waals surface area contributed by atoms with Crippen LogP contribution in [0.3, 0.4) is 0 Å². The predicted octanol–water partition coefficient (Wildman–Crippen LogP) is 3.21. The molecule has 1 saturated heterocycles. The van der Waals surface area contributed by atoms with Crippen molar-refractivity contribution in [3.63, 3.8) is 0 Å². The van der Waals surface area contributed by atoms with E-state index < -0.39 is 0 Å². The fourth-order valence-electron chi connectivity index (χ4n) is 2.56. The maximum atomic E-state index is 5.90. The van der Waals surface area contributed by atoms with E-state index in [2.05, 4.69) is 36.0 Å². The van der Waals surface area contributed by atoms with Gasteiger partial charge in [0.05, 0.1) is 6.10 Å². The zero-order valence-corrected chi connectivity index (χ0v) is 13.7. The highest BCUT2D eigenvalue weighted by atomic mass is 32.1. The van der Waals surface area contributed by atoms with Crippen molar-refractivity contribution < 1.29 is 4.74 Å². The fourth-order valence-corrected chi connectivity index (χ4v) is 3.54. The normalized spacial score (nSPS) is 21.1. The number of aromatic nitrogens is 1. The number of piperidine rings is 1. The molecule has 1 fully saturated rings. The van der Waals surface area contributed by atoms with Gasteiger partial charge in [-0.2, -0.15) is 0 Å². The Morgan fingerprint density at radius 3 is 3.15 bits per heavy atom. The summed E-state index contributed by atoms with van der Waals surface area (Å²) in [4.78, 5) is 8.31. The third kappa shape index (κ3) is 4.17. The Kier molecular flexibility index (Phi) is 6.26. The van der Waals surface area contributed by atoms with Crippen LogP contribution in [-0.4, -0.2) is 37.3 Å². The molecule has 0 spiro atoms. The number of ether oxygens (including phenoxy) is 1. The third-order valence-electron chi connectivity index (χ3n) is 3.65. The SMILES string of the molecule is CCCOC1CCCN(c2ncc(C(C)NCC)s2)C1. The molecule has 0 saturated carbocycles. The van der Waals surface area contributed by atoms with Crippen molar-refractivity contribution in [2.75, 3.05) is 31.1 Å². The van der Waals surface area contributed by atoms with Crippen LogP contribution < -0.4 is 10.2 Å². The predicted molar refractivity (Wildman–Crippen MR) is 85.7 cm³/mol. The number of nitrogens with zero attached hydrogens (tertiary/aromatic N) is 2. The van der Waals surface area contributed by atoms with Crippen LogP contribution in [0.25, 0.3) is 0 Å². The molecule has 1 aromatic heterocycles. The lowest BCUT2D eigenvalue weighted by Crippen LogP contribution is -2.39. The van der Waals surface area contributed by atoms with Gasteiger partial charge in [-0.25, -0.2) is 4.98 Å². The molecule has 0 bridgehead atoms. The summed E-state index contributed by atoms with van der Waals surface area (Å²) in [5, 5.41) is 4.59. The summed E-state index contributed by atoms with van der Waals surface area (Å²) in [6.45, 7) is 10.5. The first-order valence-electron chi connectivity index (χ1n) is 7.80. The first-order valence-corrected chi connectivity index (χ1v) is 8.61. The Bertz CT molecular complexity index is 396. The van der Waals surface area contributed by atoms with Crippen LogP contribution in [0.5, 0.6) is 0 Å². The van der Waals surface area contributed by atoms with Gasteiger partial charge in [-0.3, -0.25) is 0 Å². The van der Waals surface area contributed by atoms with E-state index in [1.807, 2.05) is 17.5 Å². The molecule has 114 valence electrons. The van der Waals surface area contributed by atoms with E-state index in [4.69, 9.17) is 4.74 Å². The van der Waals surface area contributed by atoms with Gasteiger partial charge in [-0.15, -0.1) is 11.3 Å². The first-order chi connectivity index (χ1) is 9.74. The average Bonchev–Trinajstić information content (AvgIpc) is 2.95. The topological polar surface area (TPSA) is 37.4 Å². The van der Waals surface area contributed by atoms with Crippen molar-refractivity contribution in [1.82, 2.24) is 10.3 Å². The van der Waals surface area contributed by atoms with Gasteiger partial charge >= 0.3 is 0 Å². The summed E-state index contributed by atoms with van der Waals surface area (Å²) in [6.07, 6.45) is 5.87. The maximum absolute atomic E-state index is 5.90. The largest absolute Gasteiger partial charge is 0.376 e. The molecule has 0 amide bonds. The molecule has 4 nitrogen and oxygen atoms in total. The lowest BCUT2D eigenvalue weighted by molar-refractivity contribution is 0.0440. The van der Waals surface area contributed by atoms with Crippen molar-refractivity contribution in [2.45, 2.75) is 52.2 Å². The van der Waals surface area contributed by atoms with Crippen LogP contribution in [0.15, 0.2) is 6.20 Å². The lowest BCUT2D eigenvalue weighted by Gasteiger charge is -2.32. The van der Waals surface area contributed by atoms with E-state index in [9.17, 15) is 0 Å². The summed E-state index contributed by atoms with van der Waals surface area (Å²) in [6, 6.07) is 0.392. The van der Waals surface area contributed by atoms with E-state index in [1.54, 1.807) is 0 Å². The minimum atomic E-state index is 0.377. The minimum Gasteiger partial charge on any atom is -0.376 e. The Morgan fingerprint density at radius 2 is 2.40 bits per heavy atom. The standard InChI is InChI=1S/C15H27N3OS/c1-4-9-19-13-7-6-8-18(11-13)15-17-10-14(20-15)12(3)16-5-2/h10,12-13,16H,4-9,11H2,1-3H3. The zero-order chi connectivity index (χ0) is 14.4. The Hall–Kier alpha value is -0.650. The monoisotopic (exact) mass is 297 g/mol. The van der Waals surface area contributed by atoms with Crippen LogP contribution in [0.1, 0.15) is 51.0 Å². The molecule has 2 atom stereocenters. The molecule has 1 aliphatic heterocycles. The number of nitrogens with one attached hydrogen (secondary N) is 1. The highest BCUT2D eigenvalue weighted by Crippen LogP contribution is 2.29.